The summed E-state index contributed by atoms with van der Waals surface area (Å²) < 4.78 is 1.27. The molecule has 1 fully saturated rings. The molecule has 27 heavy (non-hydrogen) atoms. The highest BCUT2D eigenvalue weighted by Gasteiger charge is 2.20. The van der Waals surface area contributed by atoms with E-state index in [9.17, 15) is 0 Å². The van der Waals surface area contributed by atoms with Gasteiger partial charge in [0.05, 0.1) is 16.8 Å². The van der Waals surface area contributed by atoms with Crippen molar-refractivity contribution >= 4 is 44.6 Å². The fourth-order valence-corrected chi connectivity index (χ4v) is 4.85. The predicted molar refractivity (Wildman–Crippen MR) is 119 cm³/mol. The second kappa shape index (κ2) is 7.92. The minimum atomic E-state index is 0.819. The standard InChI is InChI=1S/C21H24N4S2/c1-15-11-16(2)13-17(12-15)22-21(26)25-9-7-24(8-10-25)14-20-23-18-5-3-4-6-19(18)27-20/h3-6,11-13H,7-10,14H2,1-2H3,(H,22,26). The first-order valence-corrected chi connectivity index (χ1v) is 10.5. The molecule has 1 N–H and O–H groups in total. The van der Waals surface area contributed by atoms with Gasteiger partial charge in [-0.25, -0.2) is 4.98 Å². The lowest BCUT2D eigenvalue weighted by Gasteiger charge is -2.35. The van der Waals surface area contributed by atoms with Crippen molar-refractivity contribution in [3.8, 4) is 0 Å². The molecule has 0 unspecified atom stereocenters. The number of benzene rings is 2. The summed E-state index contributed by atoms with van der Waals surface area (Å²) in [6.45, 7) is 9.05. The number of hydrogen-bond donors (Lipinski definition) is 1. The van der Waals surface area contributed by atoms with E-state index in [1.165, 1.54) is 20.8 Å². The number of anilines is 1. The van der Waals surface area contributed by atoms with Gasteiger partial charge in [0, 0.05) is 31.9 Å². The Hall–Kier alpha value is -2.02. The minimum Gasteiger partial charge on any atom is -0.346 e. The van der Waals surface area contributed by atoms with E-state index in [0.29, 0.717) is 0 Å². The summed E-state index contributed by atoms with van der Waals surface area (Å²) in [6.07, 6.45) is 0. The van der Waals surface area contributed by atoms with E-state index in [2.05, 4.69) is 65.4 Å². The van der Waals surface area contributed by atoms with Crippen LogP contribution in [0.15, 0.2) is 42.5 Å². The number of thiazole rings is 1. The monoisotopic (exact) mass is 396 g/mol. The molecule has 0 amide bonds. The summed E-state index contributed by atoms with van der Waals surface area (Å²) in [5.74, 6) is 0. The smallest absolute Gasteiger partial charge is 0.173 e. The lowest BCUT2D eigenvalue weighted by atomic mass is 10.1. The van der Waals surface area contributed by atoms with E-state index in [0.717, 1.165) is 49.0 Å². The molecule has 140 valence electrons. The molecule has 1 saturated heterocycles. The van der Waals surface area contributed by atoms with E-state index in [1.807, 2.05) is 6.07 Å². The van der Waals surface area contributed by atoms with E-state index >= 15 is 0 Å². The molecule has 0 radical (unpaired) electrons. The van der Waals surface area contributed by atoms with Crippen molar-refractivity contribution < 1.29 is 0 Å². The van der Waals surface area contributed by atoms with Crippen molar-refractivity contribution in [3.05, 3.63) is 58.6 Å². The molecule has 3 aromatic rings. The zero-order valence-corrected chi connectivity index (χ0v) is 17.4. The van der Waals surface area contributed by atoms with Gasteiger partial charge in [-0.05, 0) is 61.5 Å². The van der Waals surface area contributed by atoms with Gasteiger partial charge < -0.3 is 10.2 Å². The van der Waals surface area contributed by atoms with Gasteiger partial charge in [0.25, 0.3) is 0 Å². The Labute approximate surface area is 169 Å². The summed E-state index contributed by atoms with van der Waals surface area (Å²) in [7, 11) is 0. The zero-order chi connectivity index (χ0) is 18.8. The first kappa shape index (κ1) is 18.3. The molecule has 2 aromatic carbocycles. The molecular weight excluding hydrogens is 372 g/mol. The van der Waals surface area contributed by atoms with Crippen molar-refractivity contribution in [2.24, 2.45) is 0 Å². The summed E-state index contributed by atoms with van der Waals surface area (Å²) in [5, 5.41) is 5.42. The minimum absolute atomic E-state index is 0.819. The Kier molecular flexibility index (Phi) is 5.38. The van der Waals surface area contributed by atoms with Crippen LogP contribution in [-0.2, 0) is 6.54 Å². The Morgan fingerprint density at radius 2 is 1.78 bits per heavy atom. The fourth-order valence-electron chi connectivity index (χ4n) is 3.54. The second-order valence-electron chi connectivity index (χ2n) is 7.15. The first-order chi connectivity index (χ1) is 13.1. The van der Waals surface area contributed by atoms with Gasteiger partial charge in [-0.3, -0.25) is 4.90 Å². The number of hydrogen-bond acceptors (Lipinski definition) is 4. The van der Waals surface area contributed by atoms with Crippen LogP contribution in [0.1, 0.15) is 16.1 Å². The van der Waals surface area contributed by atoms with Crippen molar-refractivity contribution in [3.63, 3.8) is 0 Å². The third kappa shape index (κ3) is 4.46. The van der Waals surface area contributed by atoms with Crippen molar-refractivity contribution in [1.82, 2.24) is 14.8 Å². The lowest BCUT2D eigenvalue weighted by molar-refractivity contribution is 0.177. The molecule has 0 aliphatic carbocycles. The Morgan fingerprint density at radius 3 is 2.48 bits per heavy atom. The maximum atomic E-state index is 5.64. The quantitative estimate of drug-likeness (QED) is 0.662. The molecule has 2 heterocycles. The predicted octanol–water partition coefficient (Wildman–Crippen LogP) is 4.43. The zero-order valence-electron chi connectivity index (χ0n) is 15.7. The van der Waals surface area contributed by atoms with Gasteiger partial charge in [0.1, 0.15) is 5.01 Å². The largest absolute Gasteiger partial charge is 0.346 e. The van der Waals surface area contributed by atoms with E-state index < -0.39 is 0 Å². The van der Waals surface area contributed by atoms with Crippen LogP contribution in [0.4, 0.5) is 5.69 Å². The fraction of sp³-hybridized carbons (Fsp3) is 0.333. The number of nitrogens with zero attached hydrogens (tertiary/aromatic N) is 3. The van der Waals surface area contributed by atoms with E-state index in [-0.39, 0.29) is 0 Å². The normalized spacial score (nSPS) is 15.3. The number of nitrogens with one attached hydrogen (secondary N) is 1. The average molecular weight is 397 g/mol. The topological polar surface area (TPSA) is 31.4 Å². The van der Waals surface area contributed by atoms with Crippen LogP contribution in [-0.4, -0.2) is 46.1 Å². The number of fused-ring (bicyclic) bond motifs is 1. The second-order valence-corrected chi connectivity index (χ2v) is 8.65. The molecular formula is C21H24N4S2. The number of thiocarbonyl (C=S) groups is 1. The highest BCUT2D eigenvalue weighted by Crippen LogP contribution is 2.23. The van der Waals surface area contributed by atoms with E-state index in [1.54, 1.807) is 11.3 Å². The number of para-hydroxylation sites is 1. The van der Waals surface area contributed by atoms with Gasteiger partial charge in [0.2, 0.25) is 0 Å². The molecule has 1 aliphatic heterocycles. The maximum absolute atomic E-state index is 5.64. The van der Waals surface area contributed by atoms with Crippen molar-refractivity contribution in [1.29, 1.82) is 0 Å². The van der Waals surface area contributed by atoms with Crippen LogP contribution in [0.2, 0.25) is 0 Å². The molecule has 1 aliphatic rings. The van der Waals surface area contributed by atoms with Crippen LogP contribution in [0.5, 0.6) is 0 Å². The summed E-state index contributed by atoms with van der Waals surface area (Å²) in [4.78, 5) is 9.49. The first-order valence-electron chi connectivity index (χ1n) is 9.28. The highest BCUT2D eigenvalue weighted by atomic mass is 32.1. The molecule has 4 rings (SSSR count). The van der Waals surface area contributed by atoms with Gasteiger partial charge in [0.15, 0.2) is 5.11 Å². The summed E-state index contributed by atoms with van der Waals surface area (Å²) >= 11 is 7.44. The molecule has 4 nitrogen and oxygen atoms in total. The van der Waals surface area contributed by atoms with Crippen LogP contribution in [0.3, 0.4) is 0 Å². The number of rotatable bonds is 3. The lowest BCUT2D eigenvalue weighted by Crippen LogP contribution is -2.49. The third-order valence-electron chi connectivity index (χ3n) is 4.83. The summed E-state index contributed by atoms with van der Waals surface area (Å²) in [5.41, 5.74) is 4.69. The van der Waals surface area contributed by atoms with Crippen LogP contribution in [0, 0.1) is 13.8 Å². The van der Waals surface area contributed by atoms with Crippen molar-refractivity contribution in [2.45, 2.75) is 20.4 Å². The SMILES string of the molecule is Cc1cc(C)cc(NC(=S)N2CCN(Cc3nc4ccccc4s3)CC2)c1. The molecule has 1 aromatic heterocycles. The van der Waals surface area contributed by atoms with Gasteiger partial charge in [-0.2, -0.15) is 0 Å². The van der Waals surface area contributed by atoms with Gasteiger partial charge >= 0.3 is 0 Å². The maximum Gasteiger partial charge on any atom is 0.173 e. The van der Waals surface area contributed by atoms with Gasteiger partial charge in [-0.15, -0.1) is 11.3 Å². The molecule has 6 heteroatoms. The Balaban J connectivity index is 1.32. The molecule has 0 spiro atoms. The van der Waals surface area contributed by atoms with Crippen LogP contribution >= 0.6 is 23.6 Å². The van der Waals surface area contributed by atoms with Crippen LogP contribution in [0.25, 0.3) is 10.2 Å². The third-order valence-corrected chi connectivity index (χ3v) is 6.21. The number of piperazine rings is 1. The Bertz CT molecular complexity index is 904. The summed E-state index contributed by atoms with van der Waals surface area (Å²) in [6, 6.07) is 14.8. The average Bonchev–Trinajstić information content (AvgIpc) is 3.03. The highest BCUT2D eigenvalue weighted by molar-refractivity contribution is 7.80. The molecule has 0 bridgehead atoms. The van der Waals surface area contributed by atoms with E-state index in [4.69, 9.17) is 17.2 Å². The number of aromatic nitrogens is 1. The van der Waals surface area contributed by atoms with Crippen molar-refractivity contribution in [2.75, 3.05) is 31.5 Å². The molecule has 0 atom stereocenters. The number of aryl methyl sites for hydroxylation is 2. The molecule has 0 saturated carbocycles. The van der Waals surface area contributed by atoms with Crippen LogP contribution < -0.4 is 5.32 Å². The van der Waals surface area contributed by atoms with Gasteiger partial charge in [-0.1, -0.05) is 18.2 Å². The Morgan fingerprint density at radius 1 is 1.07 bits per heavy atom.